The van der Waals surface area contributed by atoms with Crippen LogP contribution < -0.4 is 5.32 Å². The van der Waals surface area contributed by atoms with Gasteiger partial charge in [0.25, 0.3) is 5.91 Å². The average Bonchev–Trinajstić information content (AvgIpc) is 3.59. The highest BCUT2D eigenvalue weighted by molar-refractivity contribution is 5.95. The second-order valence-electron chi connectivity index (χ2n) is 12.6. The summed E-state index contributed by atoms with van der Waals surface area (Å²) in [5.74, 6) is -12.7. The van der Waals surface area contributed by atoms with Gasteiger partial charge < -0.3 is 24.5 Å². The van der Waals surface area contributed by atoms with Crippen molar-refractivity contribution in [3.8, 4) is 11.1 Å². The van der Waals surface area contributed by atoms with Crippen LogP contribution in [0.4, 0.5) is 22.0 Å². The van der Waals surface area contributed by atoms with E-state index in [-0.39, 0.29) is 31.3 Å². The number of halogens is 5. The number of aliphatic hydroxyl groups excluding tert-OH is 1. The van der Waals surface area contributed by atoms with Crippen LogP contribution in [0.1, 0.15) is 51.9 Å². The normalized spacial score (nSPS) is 18.8. The lowest BCUT2D eigenvalue weighted by molar-refractivity contribution is -0.276. The molecule has 5 aromatic carbocycles. The summed E-state index contributed by atoms with van der Waals surface area (Å²) in [6, 6.07) is 29.8. The molecule has 12 heteroatoms. The van der Waals surface area contributed by atoms with Gasteiger partial charge in [-0.3, -0.25) is 4.79 Å². The van der Waals surface area contributed by atoms with E-state index >= 15 is 0 Å². The maximum absolute atomic E-state index is 14.3. The van der Waals surface area contributed by atoms with Gasteiger partial charge in [0.05, 0.1) is 42.7 Å². The van der Waals surface area contributed by atoms with E-state index in [1.165, 1.54) is 0 Å². The van der Waals surface area contributed by atoms with Crippen molar-refractivity contribution in [3.05, 3.63) is 160 Å². The van der Waals surface area contributed by atoms with E-state index in [0.717, 1.165) is 33.3 Å². The fourth-order valence-corrected chi connectivity index (χ4v) is 6.52. The molecule has 0 radical (unpaired) electrons. The molecule has 52 heavy (non-hydrogen) atoms. The van der Waals surface area contributed by atoms with Crippen LogP contribution in [0.2, 0.25) is 0 Å². The minimum atomic E-state index is -2.34. The van der Waals surface area contributed by atoms with Crippen molar-refractivity contribution in [2.75, 3.05) is 0 Å². The van der Waals surface area contributed by atoms with Crippen LogP contribution in [0, 0.1) is 35.0 Å². The molecule has 4 atom stereocenters. The number of nitrogens with one attached hydrogen (secondary N) is 1. The standard InChI is InChI=1S/C40H32F5N3O4/c1-22-31(19-48-21-47-29-8-4-5-9-30(29)48)51-40(52-38(22)25-12-10-23(20-49)11-13-25)26-16-14-24(15-17-26)28-7-3-2-6-27(28)18-46-39(50)32-33(41)35(43)37(45)36(44)34(32)42/h2-17,21-22,31,38,40,49H,18-20H2,1H3,(H,46,50). The summed E-state index contributed by atoms with van der Waals surface area (Å²) >= 11 is 0. The zero-order valence-electron chi connectivity index (χ0n) is 27.7. The number of para-hydroxylation sites is 2. The van der Waals surface area contributed by atoms with Crippen LogP contribution in [0.3, 0.4) is 0 Å². The molecule has 2 N–H and O–H groups in total. The Kier molecular flexibility index (Phi) is 9.87. The van der Waals surface area contributed by atoms with Crippen LogP contribution in [0.5, 0.6) is 0 Å². The summed E-state index contributed by atoms with van der Waals surface area (Å²) in [6.07, 6.45) is 0.436. The van der Waals surface area contributed by atoms with Gasteiger partial charge in [0.2, 0.25) is 5.82 Å². The van der Waals surface area contributed by atoms with Crippen LogP contribution in [-0.4, -0.2) is 26.7 Å². The Morgan fingerprint density at radius 1 is 0.788 bits per heavy atom. The van der Waals surface area contributed by atoms with Crippen LogP contribution in [0.25, 0.3) is 22.2 Å². The summed E-state index contributed by atoms with van der Waals surface area (Å²) in [6.45, 7) is 2.27. The van der Waals surface area contributed by atoms with Gasteiger partial charge in [-0.2, -0.15) is 0 Å². The maximum atomic E-state index is 14.3. The van der Waals surface area contributed by atoms with Crippen molar-refractivity contribution in [2.45, 2.75) is 45.1 Å². The van der Waals surface area contributed by atoms with E-state index in [9.17, 15) is 31.9 Å². The summed E-state index contributed by atoms with van der Waals surface area (Å²) < 4.78 is 84.8. The number of aromatic nitrogens is 2. The highest BCUT2D eigenvalue weighted by Crippen LogP contribution is 2.42. The summed E-state index contributed by atoms with van der Waals surface area (Å²) in [5, 5.41) is 11.9. The van der Waals surface area contributed by atoms with Gasteiger partial charge in [-0.1, -0.05) is 91.9 Å². The number of ether oxygens (including phenoxy) is 2. The lowest BCUT2D eigenvalue weighted by atomic mass is 9.90. The maximum Gasteiger partial charge on any atom is 0.257 e. The fraction of sp³-hybridized carbons (Fsp3) is 0.200. The number of hydrogen-bond acceptors (Lipinski definition) is 5. The molecule has 7 nitrogen and oxygen atoms in total. The summed E-state index contributed by atoms with van der Waals surface area (Å²) in [5.41, 5.74) is 4.70. The molecule has 0 aliphatic carbocycles. The van der Waals surface area contributed by atoms with Crippen LogP contribution >= 0.6 is 0 Å². The third-order valence-electron chi connectivity index (χ3n) is 9.41. The van der Waals surface area contributed by atoms with Crippen LogP contribution in [0.15, 0.2) is 103 Å². The van der Waals surface area contributed by atoms with Gasteiger partial charge in [0.15, 0.2) is 29.6 Å². The Hall–Kier alpha value is -5.43. The second kappa shape index (κ2) is 14.7. The summed E-state index contributed by atoms with van der Waals surface area (Å²) in [7, 11) is 0. The number of fused-ring (bicyclic) bond motifs is 1. The molecule has 7 rings (SSSR count). The van der Waals surface area contributed by atoms with Crippen molar-refractivity contribution >= 4 is 16.9 Å². The molecule has 6 aromatic rings. The summed E-state index contributed by atoms with van der Waals surface area (Å²) in [4.78, 5) is 17.2. The largest absolute Gasteiger partial charge is 0.392 e. The molecule has 1 saturated heterocycles. The lowest BCUT2D eigenvalue weighted by Gasteiger charge is -2.41. The first-order chi connectivity index (χ1) is 25.1. The SMILES string of the molecule is CC1C(Cn2cnc3ccccc32)OC(c2ccc(-c3ccccc3CNC(=O)c3c(F)c(F)c(F)c(F)c3F)cc2)OC1c1ccc(CO)cc1. The molecule has 0 saturated carbocycles. The molecule has 266 valence electrons. The molecule has 0 spiro atoms. The van der Waals surface area contributed by atoms with Crippen molar-refractivity contribution in [2.24, 2.45) is 5.92 Å². The number of rotatable bonds is 9. The minimum Gasteiger partial charge on any atom is -0.392 e. The molecule has 1 amide bonds. The Balaban J connectivity index is 1.13. The van der Waals surface area contributed by atoms with Gasteiger partial charge in [-0.15, -0.1) is 0 Å². The molecular weight excluding hydrogens is 681 g/mol. The molecule has 1 fully saturated rings. The highest BCUT2D eigenvalue weighted by atomic mass is 19.2. The Morgan fingerprint density at radius 3 is 2.13 bits per heavy atom. The van der Waals surface area contributed by atoms with E-state index in [0.29, 0.717) is 17.7 Å². The predicted octanol–water partition coefficient (Wildman–Crippen LogP) is 8.31. The molecular formula is C40H32F5N3O4. The van der Waals surface area contributed by atoms with E-state index in [4.69, 9.17) is 9.47 Å². The van der Waals surface area contributed by atoms with E-state index in [1.54, 1.807) is 30.6 Å². The van der Waals surface area contributed by atoms with Gasteiger partial charge in [-0.25, -0.2) is 26.9 Å². The number of carbonyl (C=O) groups excluding carboxylic acids is 1. The van der Waals surface area contributed by atoms with Crippen molar-refractivity contribution in [1.29, 1.82) is 0 Å². The topological polar surface area (TPSA) is 85.6 Å². The van der Waals surface area contributed by atoms with Crippen molar-refractivity contribution < 1.29 is 41.3 Å². The number of nitrogens with zero attached hydrogens (tertiary/aromatic N) is 2. The van der Waals surface area contributed by atoms with Gasteiger partial charge in [0.1, 0.15) is 5.56 Å². The molecule has 1 aliphatic rings. The number of carbonyl (C=O) groups is 1. The second-order valence-corrected chi connectivity index (χ2v) is 12.6. The van der Waals surface area contributed by atoms with Crippen LogP contribution in [-0.2, 0) is 29.2 Å². The number of hydrogen-bond donors (Lipinski definition) is 2. The van der Waals surface area contributed by atoms with E-state index < -0.39 is 46.8 Å². The number of imidazole rings is 1. The Bertz CT molecular complexity index is 2210. The van der Waals surface area contributed by atoms with Crippen molar-refractivity contribution in [3.63, 3.8) is 0 Å². The average molecular weight is 714 g/mol. The zero-order valence-corrected chi connectivity index (χ0v) is 27.7. The molecule has 2 heterocycles. The van der Waals surface area contributed by atoms with Gasteiger partial charge in [0, 0.05) is 18.0 Å². The quantitative estimate of drug-likeness (QED) is 0.0895. The lowest BCUT2D eigenvalue weighted by Crippen LogP contribution is -2.39. The van der Waals surface area contributed by atoms with Crippen molar-refractivity contribution in [1.82, 2.24) is 14.9 Å². The number of aliphatic hydroxyl groups is 1. The first-order valence-corrected chi connectivity index (χ1v) is 16.5. The predicted molar refractivity (Wildman–Crippen MR) is 182 cm³/mol. The smallest absolute Gasteiger partial charge is 0.257 e. The highest BCUT2D eigenvalue weighted by Gasteiger charge is 2.39. The molecule has 4 unspecified atom stereocenters. The monoisotopic (exact) mass is 713 g/mol. The number of benzene rings is 5. The van der Waals surface area contributed by atoms with E-state index in [1.807, 2.05) is 72.8 Å². The number of amides is 1. The third kappa shape index (κ3) is 6.68. The molecule has 1 aliphatic heterocycles. The van der Waals surface area contributed by atoms with Gasteiger partial charge in [-0.05, 0) is 39.9 Å². The molecule has 0 bridgehead atoms. The zero-order chi connectivity index (χ0) is 36.5. The van der Waals surface area contributed by atoms with Gasteiger partial charge >= 0.3 is 0 Å². The Labute approximate surface area is 295 Å². The first kappa shape index (κ1) is 35.0. The first-order valence-electron chi connectivity index (χ1n) is 16.5. The third-order valence-corrected chi connectivity index (χ3v) is 9.41. The van der Waals surface area contributed by atoms with E-state index in [2.05, 4.69) is 21.8 Å². The minimum absolute atomic E-state index is 0.0661. The molecule has 1 aromatic heterocycles. The Morgan fingerprint density at radius 2 is 1.42 bits per heavy atom. The fourth-order valence-electron chi connectivity index (χ4n) is 6.52.